The summed E-state index contributed by atoms with van der Waals surface area (Å²) in [7, 11) is 0. The highest BCUT2D eigenvalue weighted by atomic mass is 16.2. The number of aliphatic hydroxyl groups is 1. The Labute approximate surface area is 319 Å². The molecule has 0 spiro atoms. The Morgan fingerprint density at radius 3 is 1.85 bits per heavy atom. The molecule has 2 aliphatic carbocycles. The fourth-order valence-electron chi connectivity index (χ4n) is 10.0. The van der Waals surface area contributed by atoms with E-state index in [9.17, 15) is 5.11 Å². The van der Waals surface area contributed by atoms with Crippen molar-refractivity contribution in [3.63, 3.8) is 0 Å². The third kappa shape index (κ3) is 5.01. The summed E-state index contributed by atoms with van der Waals surface area (Å²) in [5.74, 6) is 0.407. The zero-order valence-corrected chi connectivity index (χ0v) is 32.2. The summed E-state index contributed by atoms with van der Waals surface area (Å²) >= 11 is 0. The number of benzene rings is 8. The number of fused-ring (bicyclic) bond motifs is 6. The molecule has 1 nitrogen and oxygen atoms in total. The molecule has 0 saturated carbocycles. The zero-order valence-electron chi connectivity index (χ0n) is 32.2. The predicted octanol–water partition coefficient (Wildman–Crippen LogP) is 14.2. The van der Waals surface area contributed by atoms with Gasteiger partial charge < -0.3 is 5.11 Å². The molecule has 0 saturated heterocycles. The van der Waals surface area contributed by atoms with Gasteiger partial charge in [0.15, 0.2) is 0 Å². The second-order valence-electron chi connectivity index (χ2n) is 17.6. The molecule has 0 fully saturated rings. The highest BCUT2D eigenvalue weighted by Gasteiger charge is 2.36. The largest absolute Gasteiger partial charge is 0.396 e. The van der Waals surface area contributed by atoms with Gasteiger partial charge >= 0.3 is 0 Å². The molecule has 0 bridgehead atoms. The molecule has 0 aliphatic heterocycles. The first-order valence-electron chi connectivity index (χ1n) is 20.0. The number of rotatable bonds is 7. The molecule has 1 N–H and O–H groups in total. The van der Waals surface area contributed by atoms with Gasteiger partial charge in [-0.1, -0.05) is 157 Å². The Morgan fingerprint density at radius 2 is 1.11 bits per heavy atom. The van der Waals surface area contributed by atoms with Crippen LogP contribution < -0.4 is 0 Å². The average Bonchev–Trinajstić information content (AvgIpc) is 3.61. The molecule has 1 atom stereocenters. The summed E-state index contributed by atoms with van der Waals surface area (Å²) in [6, 6.07) is 49.3. The minimum atomic E-state index is -0.133. The van der Waals surface area contributed by atoms with Crippen LogP contribution in [0.4, 0.5) is 0 Å². The molecule has 0 aromatic heterocycles. The van der Waals surface area contributed by atoms with Gasteiger partial charge in [-0.25, -0.2) is 0 Å². The Balaban J connectivity index is 1.02. The van der Waals surface area contributed by atoms with Gasteiger partial charge in [-0.2, -0.15) is 0 Å². The molecule has 54 heavy (non-hydrogen) atoms. The van der Waals surface area contributed by atoms with Crippen LogP contribution in [-0.4, -0.2) is 11.7 Å². The average molecular weight is 701 g/mol. The second kappa shape index (κ2) is 12.1. The molecule has 10 rings (SSSR count). The third-order valence-electron chi connectivity index (χ3n) is 13.0. The van der Waals surface area contributed by atoms with Crippen molar-refractivity contribution in [3.05, 3.63) is 155 Å². The molecular weight excluding hydrogens is 653 g/mol. The summed E-state index contributed by atoms with van der Waals surface area (Å²) in [5.41, 5.74) is 17.7. The van der Waals surface area contributed by atoms with E-state index in [-0.39, 0.29) is 17.4 Å². The smallest absolute Gasteiger partial charge is 0.0431 e. The van der Waals surface area contributed by atoms with Crippen LogP contribution in [-0.2, 0) is 10.8 Å². The van der Waals surface area contributed by atoms with E-state index in [1.165, 1.54) is 105 Å². The van der Waals surface area contributed by atoms with E-state index in [4.69, 9.17) is 0 Å². The lowest BCUT2D eigenvalue weighted by Crippen LogP contribution is -2.15. The maximum absolute atomic E-state index is 9.38. The third-order valence-corrected chi connectivity index (χ3v) is 13.0. The lowest BCUT2D eigenvalue weighted by Gasteiger charge is -2.23. The minimum Gasteiger partial charge on any atom is -0.396 e. The standard InChI is InChI=1S/C53H48O/c1-52(2,3)38-27-36-15-14-32-16-21-39(46-25-20-37(28-38)50(36)51(32)46)35-19-24-45-44-23-18-34(30-48(44)53(4,5)49(45)31-35)33-17-22-43-41-13-9-8-12-40(41)42(47(43)29-33)11-7-6-10-26-54/h8-9,12-25,27-31,42,54H,6-7,10-11,26H2,1-5H3. The van der Waals surface area contributed by atoms with Crippen molar-refractivity contribution in [2.24, 2.45) is 0 Å². The first-order chi connectivity index (χ1) is 26.1. The van der Waals surface area contributed by atoms with Gasteiger partial charge in [0.25, 0.3) is 0 Å². The molecule has 0 heterocycles. The Kier molecular flexibility index (Phi) is 7.49. The van der Waals surface area contributed by atoms with Crippen LogP contribution in [0.5, 0.6) is 0 Å². The Bertz CT molecular complexity index is 2750. The van der Waals surface area contributed by atoms with Crippen molar-refractivity contribution in [1.29, 1.82) is 0 Å². The summed E-state index contributed by atoms with van der Waals surface area (Å²) < 4.78 is 0. The molecule has 0 radical (unpaired) electrons. The van der Waals surface area contributed by atoms with Gasteiger partial charge in [-0.15, -0.1) is 0 Å². The summed E-state index contributed by atoms with van der Waals surface area (Å²) in [6.07, 6.45) is 4.20. The van der Waals surface area contributed by atoms with Gasteiger partial charge in [-0.3, -0.25) is 0 Å². The van der Waals surface area contributed by atoms with Crippen molar-refractivity contribution in [2.75, 3.05) is 6.61 Å². The molecule has 2 aliphatic rings. The molecule has 8 aromatic carbocycles. The topological polar surface area (TPSA) is 20.2 Å². The maximum atomic E-state index is 9.38. The summed E-state index contributed by atoms with van der Waals surface area (Å²) in [4.78, 5) is 0. The summed E-state index contributed by atoms with van der Waals surface area (Å²) in [5, 5.41) is 17.4. The van der Waals surface area contributed by atoms with Crippen molar-refractivity contribution >= 4 is 32.3 Å². The van der Waals surface area contributed by atoms with Crippen LogP contribution in [0, 0.1) is 0 Å². The van der Waals surface area contributed by atoms with Crippen molar-refractivity contribution in [2.45, 2.75) is 77.0 Å². The maximum Gasteiger partial charge on any atom is 0.0431 e. The predicted molar refractivity (Wildman–Crippen MR) is 230 cm³/mol. The quantitative estimate of drug-likeness (QED) is 0.130. The van der Waals surface area contributed by atoms with Crippen LogP contribution in [0.15, 0.2) is 127 Å². The normalized spacial score (nSPS) is 15.6. The Morgan fingerprint density at radius 1 is 0.519 bits per heavy atom. The van der Waals surface area contributed by atoms with Crippen LogP contribution in [0.3, 0.4) is 0 Å². The van der Waals surface area contributed by atoms with Crippen LogP contribution in [0.2, 0.25) is 0 Å². The number of aliphatic hydroxyl groups excluding tert-OH is 1. The lowest BCUT2D eigenvalue weighted by molar-refractivity contribution is 0.282. The molecule has 1 unspecified atom stereocenters. The second-order valence-corrected chi connectivity index (χ2v) is 17.6. The summed E-state index contributed by atoms with van der Waals surface area (Å²) in [6.45, 7) is 12.0. The zero-order chi connectivity index (χ0) is 36.9. The van der Waals surface area contributed by atoms with E-state index in [0.717, 1.165) is 25.7 Å². The van der Waals surface area contributed by atoms with Crippen LogP contribution in [0.25, 0.3) is 76.8 Å². The van der Waals surface area contributed by atoms with Crippen molar-refractivity contribution in [1.82, 2.24) is 0 Å². The van der Waals surface area contributed by atoms with Crippen molar-refractivity contribution < 1.29 is 5.11 Å². The van der Waals surface area contributed by atoms with E-state index < -0.39 is 0 Å². The van der Waals surface area contributed by atoms with Gasteiger partial charge in [0.2, 0.25) is 0 Å². The van der Waals surface area contributed by atoms with Gasteiger partial charge in [-0.05, 0) is 141 Å². The van der Waals surface area contributed by atoms with E-state index >= 15 is 0 Å². The number of hydrogen-bond donors (Lipinski definition) is 1. The highest BCUT2D eigenvalue weighted by molar-refractivity contribution is 6.25. The SMILES string of the molecule is CC(C)(C)c1cc2ccc3ccc(-c4ccc5c(c4)C(C)(C)c4cc(-c6ccc7c(c6)C(CCCCCO)c6ccccc6-7)ccc4-5)c4ccc(c1)c2c34. The first kappa shape index (κ1) is 33.3. The first-order valence-corrected chi connectivity index (χ1v) is 20.0. The van der Waals surface area contributed by atoms with E-state index in [1.807, 2.05) is 0 Å². The lowest BCUT2D eigenvalue weighted by atomic mass is 9.80. The van der Waals surface area contributed by atoms with Gasteiger partial charge in [0.1, 0.15) is 0 Å². The molecular formula is C53H48O. The molecule has 0 amide bonds. The Hall–Kier alpha value is -5.24. The van der Waals surface area contributed by atoms with Crippen LogP contribution in [0.1, 0.15) is 94.0 Å². The number of hydrogen-bond acceptors (Lipinski definition) is 1. The van der Waals surface area contributed by atoms with Crippen LogP contribution >= 0.6 is 0 Å². The minimum absolute atomic E-state index is 0.100. The number of unbranched alkanes of at least 4 members (excludes halogenated alkanes) is 2. The fraction of sp³-hybridized carbons (Fsp3) is 0.245. The van der Waals surface area contributed by atoms with E-state index in [1.54, 1.807) is 0 Å². The van der Waals surface area contributed by atoms with E-state index in [2.05, 4.69) is 162 Å². The molecule has 1 heteroatoms. The van der Waals surface area contributed by atoms with Gasteiger partial charge in [0, 0.05) is 17.9 Å². The molecule has 266 valence electrons. The van der Waals surface area contributed by atoms with Gasteiger partial charge in [0.05, 0.1) is 0 Å². The molecule has 8 aromatic rings. The highest BCUT2D eigenvalue weighted by Crippen LogP contribution is 2.53. The van der Waals surface area contributed by atoms with Crippen molar-refractivity contribution in [3.8, 4) is 44.5 Å². The van der Waals surface area contributed by atoms with E-state index in [0.29, 0.717) is 5.92 Å². The fourth-order valence-corrected chi connectivity index (χ4v) is 10.0. The monoisotopic (exact) mass is 700 g/mol.